The number of carboxylic acid groups (broad SMARTS) is 1. The van der Waals surface area contributed by atoms with Crippen LogP contribution in [0.5, 0.6) is 0 Å². The van der Waals surface area contributed by atoms with Gasteiger partial charge in [-0.2, -0.15) is 0 Å². The molecule has 15 heavy (non-hydrogen) atoms. The van der Waals surface area contributed by atoms with Crippen molar-refractivity contribution in [3.63, 3.8) is 0 Å². The second-order valence-electron chi connectivity index (χ2n) is 2.99. The Hall–Kier alpha value is -2.11. The highest BCUT2D eigenvalue weighted by Crippen LogP contribution is 2.27. The lowest BCUT2D eigenvalue weighted by Gasteiger charge is -2.02. The van der Waals surface area contributed by atoms with Crippen LogP contribution in [0.3, 0.4) is 0 Å². The standard InChI is InChI=1S/C9H7FN2O3/c1-4-5-2-3-6(10)8(11-9(13)14)7(5)12-15-4/h2-3,11H,1H3,(H,13,14). The third-order valence-corrected chi connectivity index (χ3v) is 2.01. The SMILES string of the molecule is Cc1onc2c(NC(=O)O)c(F)ccc12. The first kappa shape index (κ1) is 9.45. The summed E-state index contributed by atoms with van der Waals surface area (Å²) >= 11 is 0. The first-order valence-electron chi connectivity index (χ1n) is 4.14. The summed E-state index contributed by atoms with van der Waals surface area (Å²) in [5.41, 5.74) is -0.00764. The average Bonchev–Trinajstić information content (AvgIpc) is 2.52. The van der Waals surface area contributed by atoms with Crippen molar-refractivity contribution in [1.29, 1.82) is 0 Å². The number of anilines is 1. The van der Waals surface area contributed by atoms with Crippen LogP contribution in [0, 0.1) is 12.7 Å². The molecule has 6 heteroatoms. The van der Waals surface area contributed by atoms with E-state index in [1.807, 2.05) is 5.32 Å². The molecule has 0 bridgehead atoms. The Balaban J connectivity index is 2.68. The molecule has 1 heterocycles. The highest BCUT2D eigenvalue weighted by atomic mass is 19.1. The molecule has 2 N–H and O–H groups in total. The quantitative estimate of drug-likeness (QED) is 0.757. The Kier molecular flexibility index (Phi) is 2.03. The Bertz CT molecular complexity index is 535. The molecule has 0 saturated carbocycles. The van der Waals surface area contributed by atoms with E-state index in [1.54, 1.807) is 6.92 Å². The van der Waals surface area contributed by atoms with Crippen molar-refractivity contribution in [2.24, 2.45) is 0 Å². The second kappa shape index (κ2) is 3.23. The smallest absolute Gasteiger partial charge is 0.409 e. The van der Waals surface area contributed by atoms with E-state index in [1.165, 1.54) is 6.07 Å². The van der Waals surface area contributed by atoms with Gasteiger partial charge in [0.15, 0.2) is 0 Å². The van der Waals surface area contributed by atoms with Gasteiger partial charge < -0.3 is 9.63 Å². The number of aryl methyl sites for hydroxylation is 1. The molecule has 0 aliphatic rings. The Morgan fingerprint density at radius 1 is 1.60 bits per heavy atom. The van der Waals surface area contributed by atoms with E-state index < -0.39 is 11.9 Å². The van der Waals surface area contributed by atoms with Crippen molar-refractivity contribution < 1.29 is 18.8 Å². The molecular weight excluding hydrogens is 203 g/mol. The molecule has 0 saturated heterocycles. The van der Waals surface area contributed by atoms with Crippen LogP contribution in [0.4, 0.5) is 14.9 Å². The second-order valence-corrected chi connectivity index (χ2v) is 2.99. The minimum atomic E-state index is -1.35. The summed E-state index contributed by atoms with van der Waals surface area (Å²) in [7, 11) is 0. The lowest BCUT2D eigenvalue weighted by molar-refractivity contribution is 0.209. The number of nitrogens with one attached hydrogen (secondary N) is 1. The predicted molar refractivity (Wildman–Crippen MR) is 50.4 cm³/mol. The fraction of sp³-hybridized carbons (Fsp3) is 0.111. The van der Waals surface area contributed by atoms with Crippen molar-refractivity contribution in [3.8, 4) is 0 Å². The van der Waals surface area contributed by atoms with E-state index in [4.69, 9.17) is 9.63 Å². The molecule has 2 aromatic rings. The highest BCUT2D eigenvalue weighted by molar-refractivity contribution is 5.98. The number of nitrogens with zero attached hydrogens (tertiary/aromatic N) is 1. The van der Waals surface area contributed by atoms with E-state index in [0.29, 0.717) is 11.1 Å². The van der Waals surface area contributed by atoms with Gasteiger partial charge in [0.2, 0.25) is 0 Å². The fourth-order valence-corrected chi connectivity index (χ4v) is 1.33. The Morgan fingerprint density at radius 3 is 3.00 bits per heavy atom. The first-order valence-corrected chi connectivity index (χ1v) is 4.14. The van der Waals surface area contributed by atoms with Gasteiger partial charge in [0.25, 0.3) is 0 Å². The van der Waals surface area contributed by atoms with E-state index in [-0.39, 0.29) is 11.2 Å². The molecule has 0 aliphatic carbocycles. The number of fused-ring (bicyclic) bond motifs is 1. The van der Waals surface area contributed by atoms with Gasteiger partial charge in [-0.1, -0.05) is 5.16 Å². The van der Waals surface area contributed by atoms with Crippen molar-refractivity contribution in [3.05, 3.63) is 23.7 Å². The van der Waals surface area contributed by atoms with Crippen molar-refractivity contribution in [2.75, 3.05) is 5.32 Å². The van der Waals surface area contributed by atoms with Gasteiger partial charge in [-0.25, -0.2) is 9.18 Å². The minimum absolute atomic E-state index is 0.176. The molecule has 0 unspecified atom stereocenters. The molecule has 0 aliphatic heterocycles. The lowest BCUT2D eigenvalue weighted by atomic mass is 10.2. The van der Waals surface area contributed by atoms with Gasteiger partial charge in [0.05, 0.1) is 0 Å². The molecule has 1 aromatic heterocycles. The average molecular weight is 210 g/mol. The maximum Gasteiger partial charge on any atom is 0.409 e. The summed E-state index contributed by atoms with van der Waals surface area (Å²) in [6.45, 7) is 1.66. The molecule has 0 radical (unpaired) electrons. The molecule has 2 rings (SSSR count). The molecule has 1 amide bonds. The zero-order valence-corrected chi connectivity index (χ0v) is 7.74. The van der Waals surface area contributed by atoms with E-state index >= 15 is 0 Å². The van der Waals surface area contributed by atoms with Gasteiger partial charge in [0, 0.05) is 5.39 Å². The Morgan fingerprint density at radius 2 is 2.33 bits per heavy atom. The third-order valence-electron chi connectivity index (χ3n) is 2.01. The molecule has 0 fully saturated rings. The van der Waals surface area contributed by atoms with E-state index in [0.717, 1.165) is 6.07 Å². The fourth-order valence-electron chi connectivity index (χ4n) is 1.33. The molecule has 5 nitrogen and oxygen atoms in total. The summed E-state index contributed by atoms with van der Waals surface area (Å²) in [5, 5.41) is 14.6. The minimum Gasteiger partial charge on any atom is -0.465 e. The van der Waals surface area contributed by atoms with Crippen LogP contribution in [0.1, 0.15) is 5.76 Å². The van der Waals surface area contributed by atoms with Gasteiger partial charge >= 0.3 is 6.09 Å². The lowest BCUT2D eigenvalue weighted by Crippen LogP contribution is -2.09. The number of amides is 1. The van der Waals surface area contributed by atoms with Gasteiger partial charge in [0.1, 0.15) is 22.8 Å². The Labute approximate surface area is 83.5 Å². The van der Waals surface area contributed by atoms with Crippen LogP contribution in [0.25, 0.3) is 10.9 Å². The number of benzene rings is 1. The number of halogens is 1. The summed E-state index contributed by atoms with van der Waals surface area (Å²) in [5.74, 6) is -0.170. The third kappa shape index (κ3) is 1.50. The molecule has 1 aromatic carbocycles. The van der Waals surface area contributed by atoms with Crippen LogP contribution >= 0.6 is 0 Å². The van der Waals surface area contributed by atoms with Crippen molar-refractivity contribution >= 4 is 22.7 Å². The zero-order valence-electron chi connectivity index (χ0n) is 7.74. The normalized spacial score (nSPS) is 10.5. The van der Waals surface area contributed by atoms with Crippen molar-refractivity contribution in [2.45, 2.75) is 6.92 Å². The van der Waals surface area contributed by atoms with Gasteiger partial charge in [-0.05, 0) is 19.1 Å². The number of hydrogen-bond acceptors (Lipinski definition) is 3. The van der Waals surface area contributed by atoms with Crippen LogP contribution in [-0.4, -0.2) is 16.4 Å². The summed E-state index contributed by atoms with van der Waals surface area (Å²) in [4.78, 5) is 10.4. The van der Waals surface area contributed by atoms with Crippen LogP contribution in [-0.2, 0) is 0 Å². The molecule has 78 valence electrons. The number of hydrogen-bond donors (Lipinski definition) is 2. The van der Waals surface area contributed by atoms with Crippen LogP contribution in [0.15, 0.2) is 16.7 Å². The zero-order chi connectivity index (χ0) is 11.0. The first-order chi connectivity index (χ1) is 7.09. The molecule has 0 atom stereocenters. The monoisotopic (exact) mass is 210 g/mol. The molecule has 0 spiro atoms. The maximum atomic E-state index is 13.3. The largest absolute Gasteiger partial charge is 0.465 e. The van der Waals surface area contributed by atoms with Gasteiger partial charge in [-0.3, -0.25) is 5.32 Å². The highest BCUT2D eigenvalue weighted by Gasteiger charge is 2.14. The predicted octanol–water partition coefficient (Wildman–Crippen LogP) is 2.37. The molecular formula is C9H7FN2O3. The number of aromatic nitrogens is 1. The van der Waals surface area contributed by atoms with Crippen LogP contribution < -0.4 is 5.32 Å². The van der Waals surface area contributed by atoms with E-state index in [2.05, 4.69) is 5.16 Å². The van der Waals surface area contributed by atoms with Crippen LogP contribution in [0.2, 0.25) is 0 Å². The number of rotatable bonds is 1. The summed E-state index contributed by atoms with van der Waals surface area (Å²) < 4.78 is 18.1. The number of carbonyl (C=O) groups is 1. The van der Waals surface area contributed by atoms with Gasteiger partial charge in [-0.15, -0.1) is 0 Å². The summed E-state index contributed by atoms with van der Waals surface area (Å²) in [6, 6.07) is 2.65. The maximum absolute atomic E-state index is 13.3. The topological polar surface area (TPSA) is 75.4 Å². The van der Waals surface area contributed by atoms with Crippen molar-refractivity contribution in [1.82, 2.24) is 5.16 Å². The van der Waals surface area contributed by atoms with E-state index in [9.17, 15) is 9.18 Å². The summed E-state index contributed by atoms with van der Waals surface area (Å²) in [6.07, 6.45) is -1.35.